The second kappa shape index (κ2) is 9.73. The number of amides is 1. The zero-order valence-corrected chi connectivity index (χ0v) is 18.2. The summed E-state index contributed by atoms with van der Waals surface area (Å²) in [6.07, 6.45) is -0.648. The van der Waals surface area contributed by atoms with Gasteiger partial charge in [-0.05, 0) is 46.9 Å². The normalized spacial score (nSPS) is 13.0. The summed E-state index contributed by atoms with van der Waals surface area (Å²) >= 11 is 0. The third kappa shape index (κ3) is 4.98. The molecule has 0 saturated heterocycles. The Kier molecular flexibility index (Phi) is 6.58. The van der Waals surface area contributed by atoms with Gasteiger partial charge in [0.05, 0.1) is 0 Å². The van der Waals surface area contributed by atoms with Crippen molar-refractivity contribution in [1.82, 2.24) is 5.32 Å². The van der Waals surface area contributed by atoms with E-state index in [9.17, 15) is 19.1 Å². The zero-order valence-electron chi connectivity index (χ0n) is 18.2. The van der Waals surface area contributed by atoms with Crippen molar-refractivity contribution in [2.45, 2.75) is 18.4 Å². The largest absolute Gasteiger partial charge is 0.480 e. The molecule has 0 radical (unpaired) electrons. The van der Waals surface area contributed by atoms with Crippen LogP contribution in [0.5, 0.6) is 0 Å². The predicted octanol–water partition coefficient (Wildman–Crippen LogP) is 4.64. The molecular formula is C26H25FN2O4. The van der Waals surface area contributed by atoms with Crippen molar-refractivity contribution in [2.75, 3.05) is 25.1 Å². The van der Waals surface area contributed by atoms with Crippen molar-refractivity contribution in [3.63, 3.8) is 0 Å². The van der Waals surface area contributed by atoms with Crippen molar-refractivity contribution in [3.8, 4) is 11.1 Å². The molecular weight excluding hydrogens is 423 g/mol. The van der Waals surface area contributed by atoms with Gasteiger partial charge >= 0.3 is 12.1 Å². The van der Waals surface area contributed by atoms with Crippen LogP contribution in [-0.4, -0.2) is 43.4 Å². The molecule has 4 rings (SSSR count). The molecule has 1 aliphatic carbocycles. The van der Waals surface area contributed by atoms with Crippen LogP contribution in [0.15, 0.2) is 72.8 Å². The highest BCUT2D eigenvalue weighted by atomic mass is 19.1. The van der Waals surface area contributed by atoms with Gasteiger partial charge < -0.3 is 20.1 Å². The molecule has 3 aromatic rings. The van der Waals surface area contributed by atoms with Gasteiger partial charge in [-0.25, -0.2) is 14.0 Å². The van der Waals surface area contributed by atoms with Crippen molar-refractivity contribution in [2.24, 2.45) is 0 Å². The van der Waals surface area contributed by atoms with Crippen LogP contribution in [0.1, 0.15) is 23.5 Å². The summed E-state index contributed by atoms with van der Waals surface area (Å²) in [7, 11) is 1.74. The fraction of sp³-hybridized carbons (Fsp3) is 0.231. The molecule has 0 aromatic heterocycles. The van der Waals surface area contributed by atoms with E-state index in [1.807, 2.05) is 48.5 Å². The van der Waals surface area contributed by atoms with Gasteiger partial charge in [-0.2, -0.15) is 0 Å². The lowest BCUT2D eigenvalue weighted by atomic mass is 9.98. The van der Waals surface area contributed by atoms with Crippen molar-refractivity contribution in [3.05, 3.63) is 89.7 Å². The summed E-state index contributed by atoms with van der Waals surface area (Å²) in [4.78, 5) is 25.8. The van der Waals surface area contributed by atoms with E-state index in [2.05, 4.69) is 5.32 Å². The molecule has 1 amide bonds. The van der Waals surface area contributed by atoms with Crippen LogP contribution in [0.3, 0.4) is 0 Å². The van der Waals surface area contributed by atoms with E-state index in [0.717, 1.165) is 22.3 Å². The maximum atomic E-state index is 13.4. The molecule has 0 spiro atoms. The molecule has 0 fully saturated rings. The average Bonchev–Trinajstić information content (AvgIpc) is 3.13. The number of nitrogens with zero attached hydrogens (tertiary/aromatic N) is 1. The van der Waals surface area contributed by atoms with Crippen molar-refractivity contribution >= 4 is 17.7 Å². The Balaban J connectivity index is 1.36. The van der Waals surface area contributed by atoms with E-state index in [0.29, 0.717) is 12.2 Å². The summed E-state index contributed by atoms with van der Waals surface area (Å²) < 4.78 is 18.9. The molecule has 6 nitrogen and oxygen atoms in total. The van der Waals surface area contributed by atoms with Crippen LogP contribution in [-0.2, 0) is 9.53 Å². The lowest BCUT2D eigenvalue weighted by Crippen LogP contribution is -2.43. The highest BCUT2D eigenvalue weighted by molar-refractivity contribution is 5.81. The molecule has 3 aromatic carbocycles. The summed E-state index contributed by atoms with van der Waals surface area (Å²) in [6.45, 7) is 0.416. The molecule has 170 valence electrons. The molecule has 1 aliphatic rings. The number of benzene rings is 3. The number of carbonyl (C=O) groups excluding carboxylic acids is 1. The van der Waals surface area contributed by atoms with Crippen LogP contribution in [0.2, 0.25) is 0 Å². The molecule has 0 aliphatic heterocycles. The van der Waals surface area contributed by atoms with Crippen LogP contribution < -0.4 is 10.2 Å². The predicted molar refractivity (Wildman–Crippen MR) is 124 cm³/mol. The Morgan fingerprint density at radius 2 is 1.67 bits per heavy atom. The molecule has 7 heteroatoms. The molecule has 0 unspecified atom stereocenters. The summed E-state index contributed by atoms with van der Waals surface area (Å²) in [6, 6.07) is 20.9. The Morgan fingerprint density at radius 3 is 2.27 bits per heavy atom. The SMILES string of the molecule is CN(CC[C@H](NC(=O)OCC1c2ccccc2-c2ccccc21)C(=O)O)c1cccc(F)c1. The second-order valence-electron chi connectivity index (χ2n) is 8.05. The minimum absolute atomic E-state index is 0.106. The maximum Gasteiger partial charge on any atom is 0.407 e. The van der Waals surface area contributed by atoms with E-state index in [-0.39, 0.29) is 24.8 Å². The average molecular weight is 448 g/mol. The van der Waals surface area contributed by atoms with Crippen LogP contribution in [0, 0.1) is 5.82 Å². The highest BCUT2D eigenvalue weighted by Crippen LogP contribution is 2.44. The summed E-state index contributed by atoms with van der Waals surface area (Å²) in [5, 5.41) is 12.0. The number of fused-ring (bicyclic) bond motifs is 3. The minimum atomic E-state index is -1.16. The molecule has 0 saturated carbocycles. The molecule has 0 bridgehead atoms. The number of carboxylic acids is 1. The minimum Gasteiger partial charge on any atom is -0.480 e. The molecule has 33 heavy (non-hydrogen) atoms. The fourth-order valence-electron chi connectivity index (χ4n) is 4.21. The third-order valence-electron chi connectivity index (χ3n) is 5.94. The highest BCUT2D eigenvalue weighted by Gasteiger charge is 2.29. The van der Waals surface area contributed by atoms with Gasteiger partial charge in [0.15, 0.2) is 0 Å². The van der Waals surface area contributed by atoms with Crippen LogP contribution in [0.25, 0.3) is 11.1 Å². The van der Waals surface area contributed by atoms with Gasteiger partial charge in [-0.3, -0.25) is 0 Å². The quantitative estimate of drug-likeness (QED) is 0.525. The molecule has 1 atom stereocenters. The van der Waals surface area contributed by atoms with E-state index >= 15 is 0 Å². The Bertz CT molecular complexity index is 1120. The van der Waals surface area contributed by atoms with Gasteiger partial charge in [0.2, 0.25) is 0 Å². The number of carbonyl (C=O) groups is 2. The number of hydrogen-bond donors (Lipinski definition) is 2. The van der Waals surface area contributed by atoms with Crippen molar-refractivity contribution in [1.29, 1.82) is 0 Å². The van der Waals surface area contributed by atoms with Gasteiger partial charge in [0.1, 0.15) is 18.5 Å². The number of aliphatic carboxylic acids is 1. The Labute approximate surface area is 191 Å². The number of rotatable bonds is 8. The first-order valence-corrected chi connectivity index (χ1v) is 10.7. The van der Waals surface area contributed by atoms with Crippen molar-refractivity contribution < 1.29 is 23.8 Å². The molecule has 2 N–H and O–H groups in total. The van der Waals surface area contributed by atoms with E-state index in [1.165, 1.54) is 12.1 Å². The number of alkyl carbamates (subject to hydrolysis) is 1. The lowest BCUT2D eigenvalue weighted by molar-refractivity contribution is -0.139. The summed E-state index contributed by atoms with van der Waals surface area (Å²) in [5.41, 5.74) is 5.02. The first-order valence-electron chi connectivity index (χ1n) is 10.7. The van der Waals surface area contributed by atoms with Gasteiger partial charge in [-0.15, -0.1) is 0 Å². The molecule has 0 heterocycles. The standard InChI is InChI=1S/C26H25FN2O4/c1-29(18-8-6-7-17(27)15-18)14-13-24(25(30)31)28-26(32)33-16-23-21-11-4-2-9-19(21)20-10-3-5-12-22(20)23/h2-12,15,23-24H,13-14,16H2,1H3,(H,28,32)(H,30,31)/t24-/m0/s1. The smallest absolute Gasteiger partial charge is 0.407 e. The van der Waals surface area contributed by atoms with E-state index in [4.69, 9.17) is 4.74 Å². The topological polar surface area (TPSA) is 78.9 Å². The number of ether oxygens (including phenoxy) is 1. The fourth-order valence-corrected chi connectivity index (χ4v) is 4.21. The number of carboxylic acid groups (broad SMARTS) is 1. The monoisotopic (exact) mass is 448 g/mol. The number of nitrogens with one attached hydrogen (secondary N) is 1. The number of hydrogen-bond acceptors (Lipinski definition) is 4. The Morgan fingerprint density at radius 1 is 1.03 bits per heavy atom. The summed E-state index contributed by atoms with van der Waals surface area (Å²) in [5.74, 6) is -1.63. The van der Waals surface area contributed by atoms with Gasteiger partial charge in [0, 0.05) is 25.2 Å². The Hall–Kier alpha value is -3.87. The lowest BCUT2D eigenvalue weighted by Gasteiger charge is -2.22. The third-order valence-corrected chi connectivity index (χ3v) is 5.94. The first kappa shape index (κ1) is 22.3. The zero-order chi connectivity index (χ0) is 23.4. The maximum absolute atomic E-state index is 13.4. The van der Waals surface area contributed by atoms with Gasteiger partial charge in [-0.1, -0.05) is 54.6 Å². The van der Waals surface area contributed by atoms with Gasteiger partial charge in [0.25, 0.3) is 0 Å². The van der Waals surface area contributed by atoms with Crippen LogP contribution in [0.4, 0.5) is 14.9 Å². The number of halogens is 1. The van der Waals surface area contributed by atoms with E-state index < -0.39 is 18.1 Å². The van der Waals surface area contributed by atoms with Crippen LogP contribution >= 0.6 is 0 Å². The second-order valence-corrected chi connectivity index (χ2v) is 8.05. The number of anilines is 1. The first-order chi connectivity index (χ1) is 15.9. The van der Waals surface area contributed by atoms with E-state index in [1.54, 1.807) is 24.1 Å².